The van der Waals surface area contributed by atoms with Crippen LogP contribution in [0.25, 0.3) is 22.7 Å². The van der Waals surface area contributed by atoms with Crippen molar-refractivity contribution in [3.63, 3.8) is 0 Å². The van der Waals surface area contributed by atoms with Crippen molar-refractivity contribution in [2.75, 3.05) is 21.3 Å². The Morgan fingerprint density at radius 2 is 1.72 bits per heavy atom. The number of allylic oxidation sites excluding steroid dienone is 3. The summed E-state index contributed by atoms with van der Waals surface area (Å²) in [7, 11) is 4.50. The highest BCUT2D eigenvalue weighted by Gasteiger charge is 2.23. The van der Waals surface area contributed by atoms with Crippen molar-refractivity contribution < 1.29 is 27.8 Å². The Bertz CT molecular complexity index is 1240. The number of nitrogens with zero attached hydrogens (tertiary/aromatic N) is 1. The number of aromatic nitrogens is 1. The Labute approximate surface area is 184 Å². The maximum Gasteiger partial charge on any atom is 0.231 e. The number of para-hydroxylation sites is 2. The van der Waals surface area contributed by atoms with E-state index in [1.165, 1.54) is 21.3 Å². The van der Waals surface area contributed by atoms with Crippen LogP contribution in [-0.2, 0) is 0 Å². The van der Waals surface area contributed by atoms with E-state index in [1.54, 1.807) is 48.8 Å². The average molecular weight is 431 g/mol. The maximum atomic E-state index is 13.6. The van der Waals surface area contributed by atoms with Gasteiger partial charge >= 0.3 is 0 Å². The third kappa shape index (κ3) is 4.13. The summed E-state index contributed by atoms with van der Waals surface area (Å²) in [4.78, 5) is 18.1. The lowest BCUT2D eigenvalue weighted by atomic mass is 10.0. The lowest BCUT2D eigenvalue weighted by Crippen LogP contribution is -2.05. The first-order chi connectivity index (χ1) is 15.6. The number of hydrogen-bond donors (Lipinski definition) is 0. The lowest BCUT2D eigenvalue weighted by Gasteiger charge is -2.14. The van der Waals surface area contributed by atoms with E-state index >= 15 is 0 Å². The van der Waals surface area contributed by atoms with E-state index in [0.717, 1.165) is 0 Å². The molecule has 0 radical (unpaired) electrons. The normalized spacial score (nSPS) is 11.8. The fourth-order valence-corrected chi connectivity index (χ4v) is 3.22. The number of Topliss-reactive ketones (excluding diaryl/α,β-unsaturated/α-hetero) is 1. The number of ether oxygens (including phenoxy) is 3. The van der Waals surface area contributed by atoms with E-state index in [1.807, 2.05) is 24.3 Å². The van der Waals surface area contributed by atoms with Gasteiger partial charge in [-0.25, -0.2) is 4.98 Å². The first-order valence-corrected chi connectivity index (χ1v) is 9.77. The average Bonchev–Trinajstić information content (AvgIpc) is 3.50. The molecule has 0 amide bonds. The molecule has 162 valence electrons. The molecule has 7 heteroatoms. The minimum atomic E-state index is -0.320. The number of hydrogen-bond acceptors (Lipinski definition) is 7. The van der Waals surface area contributed by atoms with E-state index in [0.29, 0.717) is 39.7 Å². The van der Waals surface area contributed by atoms with Crippen LogP contribution in [0.1, 0.15) is 22.0 Å². The lowest BCUT2D eigenvalue weighted by molar-refractivity contribution is 0.105. The fraction of sp³-hybridized carbons (Fsp3) is 0.120. The second kappa shape index (κ2) is 9.26. The molecule has 7 nitrogen and oxygen atoms in total. The molecule has 4 rings (SSSR count). The van der Waals surface area contributed by atoms with Crippen LogP contribution >= 0.6 is 0 Å². The van der Waals surface area contributed by atoms with Gasteiger partial charge in [-0.05, 0) is 48.6 Å². The first kappa shape index (κ1) is 21.0. The molecule has 0 spiro atoms. The topological polar surface area (TPSA) is 83.9 Å². The van der Waals surface area contributed by atoms with Crippen LogP contribution in [0.2, 0.25) is 0 Å². The predicted octanol–water partition coefficient (Wildman–Crippen LogP) is 5.43. The summed E-state index contributed by atoms with van der Waals surface area (Å²) in [6, 6.07) is 14.1. The number of methoxy groups -OCH3 is 3. The summed E-state index contributed by atoms with van der Waals surface area (Å²) in [5, 5.41) is 0. The van der Waals surface area contributed by atoms with Crippen LogP contribution < -0.4 is 14.2 Å². The van der Waals surface area contributed by atoms with Crippen molar-refractivity contribution in [1.82, 2.24) is 4.98 Å². The molecule has 0 N–H and O–H groups in total. The number of oxazole rings is 1. The van der Waals surface area contributed by atoms with Gasteiger partial charge in [0.25, 0.3) is 0 Å². The molecule has 0 fully saturated rings. The van der Waals surface area contributed by atoms with Gasteiger partial charge in [-0.2, -0.15) is 0 Å². The molecule has 2 heterocycles. The van der Waals surface area contributed by atoms with Crippen LogP contribution in [0.3, 0.4) is 0 Å². The number of carbonyl (C=O) groups is 1. The summed E-state index contributed by atoms with van der Waals surface area (Å²) >= 11 is 0. The maximum absolute atomic E-state index is 13.6. The minimum absolute atomic E-state index is 0.203. The Morgan fingerprint density at radius 3 is 2.34 bits per heavy atom. The molecule has 0 aliphatic rings. The Kier molecular flexibility index (Phi) is 6.07. The van der Waals surface area contributed by atoms with Crippen LogP contribution in [-0.4, -0.2) is 32.1 Å². The Morgan fingerprint density at radius 1 is 0.969 bits per heavy atom. The standard InChI is InChI=1S/C25H21NO6/c1-28-21-14-16(15-22(29-2)24(21)30-3)23(27)18(10-6-8-17-9-7-13-31-17)25-26-19-11-4-5-12-20(19)32-25/h4-15H,1-3H3/b8-6+,18-10-. The van der Waals surface area contributed by atoms with Crippen LogP contribution in [0.4, 0.5) is 0 Å². The zero-order chi connectivity index (χ0) is 22.5. The Balaban J connectivity index is 1.81. The van der Waals surface area contributed by atoms with E-state index in [2.05, 4.69) is 4.98 Å². The summed E-state index contributed by atoms with van der Waals surface area (Å²) < 4.78 is 27.3. The van der Waals surface area contributed by atoms with E-state index < -0.39 is 0 Å². The number of fused-ring (bicyclic) bond motifs is 1. The molecule has 32 heavy (non-hydrogen) atoms. The van der Waals surface area contributed by atoms with Gasteiger partial charge < -0.3 is 23.0 Å². The van der Waals surface area contributed by atoms with E-state index in [9.17, 15) is 4.79 Å². The quantitative estimate of drug-likeness (QED) is 0.209. The highest BCUT2D eigenvalue weighted by molar-refractivity contribution is 6.28. The smallest absolute Gasteiger partial charge is 0.231 e. The van der Waals surface area contributed by atoms with Crippen LogP contribution in [0, 0.1) is 0 Å². The van der Waals surface area contributed by atoms with Gasteiger partial charge in [0, 0.05) is 5.56 Å². The highest BCUT2D eigenvalue weighted by atomic mass is 16.5. The van der Waals surface area contributed by atoms with Gasteiger partial charge in [0.05, 0.1) is 33.2 Å². The third-order valence-electron chi connectivity index (χ3n) is 4.76. The monoisotopic (exact) mass is 431 g/mol. The molecule has 0 saturated heterocycles. The summed E-state index contributed by atoms with van der Waals surface area (Å²) in [6.07, 6.45) is 6.66. The summed E-state index contributed by atoms with van der Waals surface area (Å²) in [6.45, 7) is 0. The SMILES string of the molecule is COc1cc(C(=O)/C(=C/C=C/c2ccco2)c2nc3ccccc3o2)cc(OC)c1OC. The zero-order valence-corrected chi connectivity index (χ0v) is 17.8. The van der Waals surface area contributed by atoms with Crippen molar-refractivity contribution in [2.45, 2.75) is 0 Å². The van der Waals surface area contributed by atoms with Gasteiger partial charge in [-0.15, -0.1) is 0 Å². The fourth-order valence-electron chi connectivity index (χ4n) is 3.22. The molecule has 4 aromatic rings. The van der Waals surface area contributed by atoms with Crippen LogP contribution in [0.15, 0.2) is 75.8 Å². The number of rotatable bonds is 8. The number of furan rings is 1. The van der Waals surface area contributed by atoms with Crippen molar-refractivity contribution in [1.29, 1.82) is 0 Å². The molecule has 0 unspecified atom stereocenters. The predicted molar refractivity (Wildman–Crippen MR) is 120 cm³/mol. The van der Waals surface area contributed by atoms with Gasteiger partial charge in [-0.1, -0.05) is 18.2 Å². The molecule has 0 aliphatic heterocycles. The van der Waals surface area contributed by atoms with Gasteiger partial charge in [-0.3, -0.25) is 4.79 Å². The molecule has 0 saturated carbocycles. The molecule has 2 aromatic carbocycles. The van der Waals surface area contributed by atoms with Crippen molar-refractivity contribution in [3.8, 4) is 17.2 Å². The molecule has 0 bridgehead atoms. The van der Waals surface area contributed by atoms with Crippen molar-refractivity contribution in [3.05, 3.63) is 84.2 Å². The van der Waals surface area contributed by atoms with E-state index in [4.69, 9.17) is 23.0 Å². The van der Waals surface area contributed by atoms with Gasteiger partial charge in [0.2, 0.25) is 11.6 Å². The minimum Gasteiger partial charge on any atom is -0.493 e. The van der Waals surface area contributed by atoms with Crippen molar-refractivity contribution >= 4 is 28.5 Å². The molecule has 0 aliphatic carbocycles. The van der Waals surface area contributed by atoms with E-state index in [-0.39, 0.29) is 17.2 Å². The molecule has 2 aromatic heterocycles. The zero-order valence-electron chi connectivity index (χ0n) is 17.8. The molecular formula is C25H21NO6. The molecule has 0 atom stereocenters. The van der Waals surface area contributed by atoms with Gasteiger partial charge in [0.1, 0.15) is 11.3 Å². The van der Waals surface area contributed by atoms with Crippen LogP contribution in [0.5, 0.6) is 17.2 Å². The third-order valence-corrected chi connectivity index (χ3v) is 4.76. The largest absolute Gasteiger partial charge is 0.493 e. The summed E-state index contributed by atoms with van der Waals surface area (Å²) in [5.41, 5.74) is 1.83. The van der Waals surface area contributed by atoms with Crippen molar-refractivity contribution in [2.24, 2.45) is 0 Å². The highest BCUT2D eigenvalue weighted by Crippen LogP contribution is 2.39. The second-order valence-electron chi connectivity index (χ2n) is 6.68. The second-order valence-corrected chi connectivity index (χ2v) is 6.68. The number of benzene rings is 2. The number of carbonyl (C=O) groups excluding carboxylic acids is 1. The van der Waals surface area contributed by atoms with Gasteiger partial charge in [0.15, 0.2) is 22.9 Å². The Hall–Kier alpha value is -4.26. The summed E-state index contributed by atoms with van der Waals surface area (Å²) in [5.74, 6) is 1.68. The molecular weight excluding hydrogens is 410 g/mol. The first-order valence-electron chi connectivity index (χ1n) is 9.77. The number of ketones is 1.